The first-order valence-corrected chi connectivity index (χ1v) is 7.94. The molecule has 0 atom stereocenters. The van der Waals surface area contributed by atoms with E-state index in [1.807, 2.05) is 11.0 Å². The Balaban J connectivity index is 0.000000333. The van der Waals surface area contributed by atoms with E-state index in [1.54, 1.807) is 12.4 Å². The highest BCUT2D eigenvalue weighted by Gasteiger charge is 2.19. The lowest BCUT2D eigenvalue weighted by Crippen LogP contribution is -2.20. The third kappa shape index (κ3) is 8.65. The second-order valence-electron chi connectivity index (χ2n) is 4.95. The predicted molar refractivity (Wildman–Crippen MR) is 89.9 cm³/mol. The van der Waals surface area contributed by atoms with Crippen LogP contribution in [0.1, 0.15) is 18.4 Å². The number of carboxylic acids is 2. The van der Waals surface area contributed by atoms with Crippen molar-refractivity contribution in [3.8, 4) is 0 Å². The van der Waals surface area contributed by atoms with Crippen molar-refractivity contribution in [2.24, 2.45) is 0 Å². The number of rotatable bonds is 6. The predicted octanol–water partition coefficient (Wildman–Crippen LogP) is 1.26. The van der Waals surface area contributed by atoms with Crippen LogP contribution in [-0.2, 0) is 16.1 Å². The largest absolute Gasteiger partial charge is 0.481 e. The highest BCUT2D eigenvalue weighted by molar-refractivity contribution is 9.10. The summed E-state index contributed by atoms with van der Waals surface area (Å²) in [4.78, 5) is 35.3. The number of carbonyl (C=O) groups is 2. The van der Waals surface area contributed by atoms with Crippen LogP contribution < -0.4 is 5.32 Å². The Kier molecular flexibility index (Phi) is 8.33. The molecule has 0 unspecified atom stereocenters. The van der Waals surface area contributed by atoms with Crippen LogP contribution in [0.2, 0.25) is 0 Å². The zero-order valence-electron chi connectivity index (χ0n) is 13.1. The van der Waals surface area contributed by atoms with E-state index in [0.717, 1.165) is 29.3 Å². The second-order valence-corrected chi connectivity index (χ2v) is 5.86. The molecule has 0 saturated carbocycles. The van der Waals surface area contributed by atoms with Crippen LogP contribution in [0.5, 0.6) is 0 Å². The molecule has 1 saturated heterocycles. The fraction of sp³-hybridized carbons (Fsp3) is 0.357. The number of aromatic nitrogens is 1. The fourth-order valence-corrected chi connectivity index (χ4v) is 2.33. The minimum absolute atomic E-state index is 0.296. The van der Waals surface area contributed by atoms with Gasteiger partial charge in [0, 0.05) is 36.5 Å². The van der Waals surface area contributed by atoms with E-state index in [9.17, 15) is 19.7 Å². The van der Waals surface area contributed by atoms with Crippen molar-refractivity contribution < 1.29 is 24.7 Å². The van der Waals surface area contributed by atoms with Crippen molar-refractivity contribution in [3.63, 3.8) is 0 Å². The lowest BCUT2D eigenvalue weighted by molar-refractivity contribution is -0.404. The topological polar surface area (TPSA) is 146 Å². The van der Waals surface area contributed by atoms with Gasteiger partial charge < -0.3 is 20.4 Å². The van der Waals surface area contributed by atoms with E-state index < -0.39 is 16.9 Å². The van der Waals surface area contributed by atoms with Crippen LogP contribution in [-0.4, -0.2) is 50.0 Å². The van der Waals surface area contributed by atoms with Crippen molar-refractivity contribution in [2.75, 3.05) is 13.1 Å². The van der Waals surface area contributed by atoms with Crippen molar-refractivity contribution in [1.29, 1.82) is 0 Å². The second kappa shape index (κ2) is 10.2. The normalized spacial score (nSPS) is 14.4. The van der Waals surface area contributed by atoms with E-state index in [4.69, 9.17) is 10.2 Å². The monoisotopic (exact) mass is 416 g/mol. The zero-order chi connectivity index (χ0) is 18.8. The third-order valence-corrected chi connectivity index (χ3v) is 3.38. The number of nitrogens with one attached hydrogen (secondary N) is 1. The Morgan fingerprint density at radius 2 is 2.00 bits per heavy atom. The number of carboxylic acid groups (broad SMARTS) is 2. The number of halogens is 1. The summed E-state index contributed by atoms with van der Waals surface area (Å²) in [5.41, 5.74) is 1.01. The zero-order valence-corrected chi connectivity index (χ0v) is 14.7. The average molecular weight is 417 g/mol. The Labute approximate surface area is 151 Å². The molecule has 2 heterocycles. The van der Waals surface area contributed by atoms with Crippen molar-refractivity contribution in [1.82, 2.24) is 15.2 Å². The maximum absolute atomic E-state index is 10.5. The van der Waals surface area contributed by atoms with Gasteiger partial charge >= 0.3 is 11.9 Å². The molecule has 0 spiro atoms. The summed E-state index contributed by atoms with van der Waals surface area (Å²) in [6.45, 7) is 2.09. The molecule has 136 valence electrons. The molecular weight excluding hydrogens is 400 g/mol. The van der Waals surface area contributed by atoms with E-state index in [1.165, 1.54) is 0 Å². The Morgan fingerprint density at radius 1 is 1.36 bits per heavy atom. The summed E-state index contributed by atoms with van der Waals surface area (Å²) in [7, 11) is 0. The fourth-order valence-electron chi connectivity index (χ4n) is 1.92. The lowest BCUT2D eigenvalue weighted by atomic mass is 10.3. The molecule has 11 heteroatoms. The summed E-state index contributed by atoms with van der Waals surface area (Å²) in [6.07, 6.45) is 3.87. The van der Waals surface area contributed by atoms with Gasteiger partial charge in [-0.3, -0.25) is 24.7 Å². The van der Waals surface area contributed by atoms with Crippen LogP contribution in [0, 0.1) is 10.1 Å². The van der Waals surface area contributed by atoms with Gasteiger partial charge in [-0.1, -0.05) is 0 Å². The Morgan fingerprint density at radius 3 is 2.52 bits per heavy atom. The number of nitro groups is 1. The molecule has 1 aliphatic heterocycles. The maximum atomic E-state index is 10.5. The summed E-state index contributed by atoms with van der Waals surface area (Å²) >= 11 is 3.35. The number of hydrogen-bond acceptors (Lipinski definition) is 7. The van der Waals surface area contributed by atoms with Gasteiger partial charge in [-0.05, 0) is 27.6 Å². The first kappa shape index (κ1) is 20.4. The van der Waals surface area contributed by atoms with E-state index in [2.05, 4.69) is 26.2 Å². The molecule has 25 heavy (non-hydrogen) atoms. The quantitative estimate of drug-likeness (QED) is 0.460. The van der Waals surface area contributed by atoms with Gasteiger partial charge in [-0.2, -0.15) is 0 Å². The van der Waals surface area contributed by atoms with Crippen LogP contribution in [0.15, 0.2) is 35.0 Å². The van der Waals surface area contributed by atoms with Crippen molar-refractivity contribution in [3.05, 3.63) is 50.6 Å². The van der Waals surface area contributed by atoms with Gasteiger partial charge in [-0.15, -0.1) is 0 Å². The molecule has 0 amide bonds. The smallest absolute Gasteiger partial charge is 0.303 e. The van der Waals surface area contributed by atoms with E-state index in [-0.39, 0.29) is 12.8 Å². The van der Waals surface area contributed by atoms with Crippen molar-refractivity contribution >= 4 is 27.9 Å². The first-order chi connectivity index (χ1) is 11.8. The Hall–Kier alpha value is -2.69. The molecule has 3 N–H and O–H groups in total. The third-order valence-electron chi connectivity index (χ3n) is 2.94. The summed E-state index contributed by atoms with van der Waals surface area (Å²) in [6, 6.07) is 1.95. The average Bonchev–Trinajstić information content (AvgIpc) is 2.92. The van der Waals surface area contributed by atoms with Crippen LogP contribution in [0.4, 0.5) is 0 Å². The van der Waals surface area contributed by atoms with Gasteiger partial charge in [-0.25, -0.2) is 0 Å². The van der Waals surface area contributed by atoms with E-state index >= 15 is 0 Å². The van der Waals surface area contributed by atoms with Gasteiger partial charge in [0.1, 0.15) is 0 Å². The summed E-state index contributed by atoms with van der Waals surface area (Å²) in [5.74, 6) is -1.60. The number of aliphatic carboxylic acids is 2. The highest BCUT2D eigenvalue weighted by Crippen LogP contribution is 2.15. The van der Waals surface area contributed by atoms with Crippen LogP contribution >= 0.6 is 15.9 Å². The molecule has 10 nitrogen and oxygen atoms in total. The molecular formula is C14H17BrN4O6. The first-order valence-electron chi connectivity index (χ1n) is 7.15. The number of hydrogen-bond donors (Lipinski definition) is 3. The molecule has 0 aliphatic carbocycles. The molecule has 2 rings (SSSR count). The molecule has 0 bridgehead atoms. The minimum atomic E-state index is -1.08. The van der Waals surface area contributed by atoms with Gasteiger partial charge in [0.25, 0.3) is 6.20 Å². The summed E-state index contributed by atoms with van der Waals surface area (Å²) < 4.78 is 0.905. The van der Waals surface area contributed by atoms with E-state index in [0.29, 0.717) is 12.4 Å². The molecule has 0 aromatic carbocycles. The number of nitrogens with zero attached hydrogens (tertiary/aromatic N) is 3. The standard InChI is InChI=1S/C10H11BrN4O2.C4H6O4/c11-9-3-8(4-12-5-9)6-14-2-1-13-10(14)7-15(16)17;5-3(6)1-2-4(7)8/h3-5,7,13H,1-2,6H2;1-2H2,(H,5,6)(H,7,8)/b10-7+;. The summed E-state index contributed by atoms with van der Waals surface area (Å²) in [5, 5.41) is 29.2. The minimum Gasteiger partial charge on any atom is -0.481 e. The molecule has 1 aliphatic rings. The Bertz CT molecular complexity index is 652. The SMILES string of the molecule is O=C(O)CCC(=O)O.O=[N+]([O-])/C=C1\NCCN1Cc1cncc(Br)c1. The molecule has 1 aromatic heterocycles. The van der Waals surface area contributed by atoms with Gasteiger partial charge in [0.2, 0.25) is 0 Å². The molecule has 1 fully saturated rings. The molecule has 0 radical (unpaired) electrons. The van der Waals surface area contributed by atoms with Gasteiger partial charge in [0.05, 0.1) is 17.8 Å². The van der Waals surface area contributed by atoms with Crippen LogP contribution in [0.25, 0.3) is 0 Å². The maximum Gasteiger partial charge on any atom is 0.303 e. The van der Waals surface area contributed by atoms with Gasteiger partial charge in [0.15, 0.2) is 5.82 Å². The molecule has 1 aromatic rings. The van der Waals surface area contributed by atoms with Crippen molar-refractivity contribution in [2.45, 2.75) is 19.4 Å². The lowest BCUT2D eigenvalue weighted by Gasteiger charge is -2.16. The highest BCUT2D eigenvalue weighted by atomic mass is 79.9. The van der Waals surface area contributed by atoms with Crippen LogP contribution in [0.3, 0.4) is 0 Å². The number of pyridine rings is 1.